The molecule has 2 N–H and O–H groups in total. The summed E-state index contributed by atoms with van der Waals surface area (Å²) in [5.41, 5.74) is 1.17. The van der Waals surface area contributed by atoms with E-state index in [1.54, 1.807) is 11.3 Å². The van der Waals surface area contributed by atoms with Crippen molar-refractivity contribution in [3.8, 4) is 0 Å². The van der Waals surface area contributed by atoms with E-state index in [1.807, 2.05) is 31.2 Å². The predicted molar refractivity (Wildman–Crippen MR) is 88.1 cm³/mol. The third kappa shape index (κ3) is 5.61. The molecule has 1 aromatic heterocycles. The van der Waals surface area contributed by atoms with Gasteiger partial charge in [-0.3, -0.25) is 0 Å². The lowest BCUT2D eigenvalue weighted by atomic mass is 10.1. The van der Waals surface area contributed by atoms with Gasteiger partial charge in [0.2, 0.25) is 5.13 Å². The molecule has 2 unspecified atom stereocenters. The summed E-state index contributed by atoms with van der Waals surface area (Å²) in [5.74, 6) is 0.397. The van der Waals surface area contributed by atoms with E-state index in [0.29, 0.717) is 5.92 Å². The van der Waals surface area contributed by atoms with Gasteiger partial charge >= 0.3 is 0 Å². The van der Waals surface area contributed by atoms with E-state index in [1.165, 1.54) is 5.56 Å². The maximum absolute atomic E-state index is 9.35. The Morgan fingerprint density at radius 3 is 2.62 bits per heavy atom. The number of hydrogen-bond acceptors (Lipinski definition) is 5. The van der Waals surface area contributed by atoms with Crippen LogP contribution in [-0.2, 0) is 6.42 Å². The molecule has 6 heteroatoms. The molecule has 2 rings (SSSR count). The summed E-state index contributed by atoms with van der Waals surface area (Å²) >= 11 is 7.44. The van der Waals surface area contributed by atoms with Gasteiger partial charge in [0.1, 0.15) is 5.01 Å². The van der Waals surface area contributed by atoms with Gasteiger partial charge < -0.3 is 10.4 Å². The summed E-state index contributed by atoms with van der Waals surface area (Å²) in [5, 5.41) is 23.5. The topological polar surface area (TPSA) is 58.0 Å². The molecule has 0 fully saturated rings. The molecule has 2 aromatic rings. The number of rotatable bonds is 7. The Morgan fingerprint density at radius 2 is 1.95 bits per heavy atom. The molecular weight excluding hydrogens is 306 g/mol. The van der Waals surface area contributed by atoms with Gasteiger partial charge in [-0.25, -0.2) is 0 Å². The fourth-order valence-corrected chi connectivity index (χ4v) is 3.01. The summed E-state index contributed by atoms with van der Waals surface area (Å²) < 4.78 is 0. The van der Waals surface area contributed by atoms with Crippen molar-refractivity contribution in [2.75, 3.05) is 11.9 Å². The Kier molecular flexibility index (Phi) is 5.96. The van der Waals surface area contributed by atoms with Crippen LogP contribution >= 0.6 is 22.9 Å². The van der Waals surface area contributed by atoms with Crippen molar-refractivity contribution in [2.24, 2.45) is 5.92 Å². The Balaban J connectivity index is 1.85. The largest absolute Gasteiger partial charge is 0.393 e. The fraction of sp³-hybridized carbons (Fsp3) is 0.467. The molecule has 0 aliphatic carbocycles. The lowest BCUT2D eigenvalue weighted by molar-refractivity contribution is 0.166. The van der Waals surface area contributed by atoms with E-state index in [0.717, 1.165) is 34.5 Å². The molecular formula is C15H20ClN3OS. The van der Waals surface area contributed by atoms with Gasteiger partial charge in [0, 0.05) is 18.0 Å². The molecule has 0 amide bonds. The summed E-state index contributed by atoms with van der Waals surface area (Å²) in [6.07, 6.45) is 1.28. The van der Waals surface area contributed by atoms with E-state index in [-0.39, 0.29) is 6.10 Å². The van der Waals surface area contributed by atoms with Crippen LogP contribution in [0.2, 0.25) is 5.02 Å². The summed E-state index contributed by atoms with van der Waals surface area (Å²) in [6.45, 7) is 4.71. The number of anilines is 1. The maximum atomic E-state index is 9.35. The van der Waals surface area contributed by atoms with Crippen molar-refractivity contribution in [1.29, 1.82) is 0 Å². The van der Waals surface area contributed by atoms with Gasteiger partial charge in [0.05, 0.1) is 6.10 Å². The van der Waals surface area contributed by atoms with E-state index in [2.05, 4.69) is 22.4 Å². The van der Waals surface area contributed by atoms with Gasteiger partial charge in [-0.2, -0.15) is 0 Å². The number of halogens is 1. The number of nitrogens with zero attached hydrogens (tertiary/aromatic N) is 2. The highest BCUT2D eigenvalue weighted by molar-refractivity contribution is 7.15. The third-order valence-corrected chi connectivity index (χ3v) is 4.21. The van der Waals surface area contributed by atoms with E-state index in [4.69, 9.17) is 11.6 Å². The van der Waals surface area contributed by atoms with Gasteiger partial charge in [0.15, 0.2) is 0 Å². The second-order valence-corrected chi connectivity index (χ2v) is 6.87. The van der Waals surface area contributed by atoms with Gasteiger partial charge in [-0.1, -0.05) is 42.0 Å². The molecule has 1 heterocycles. The Hall–Kier alpha value is -1.17. The minimum absolute atomic E-state index is 0.267. The fourth-order valence-electron chi connectivity index (χ4n) is 2.10. The first-order valence-corrected chi connectivity index (χ1v) is 8.21. The van der Waals surface area contributed by atoms with Crippen LogP contribution in [0.5, 0.6) is 0 Å². The smallest absolute Gasteiger partial charge is 0.205 e. The molecule has 0 radical (unpaired) electrons. The van der Waals surface area contributed by atoms with Gasteiger partial charge in [0.25, 0.3) is 0 Å². The highest BCUT2D eigenvalue weighted by Gasteiger charge is 2.09. The molecule has 0 spiro atoms. The average Bonchev–Trinajstić information content (AvgIpc) is 2.86. The van der Waals surface area contributed by atoms with Crippen molar-refractivity contribution in [3.05, 3.63) is 39.9 Å². The molecule has 0 saturated carbocycles. The minimum atomic E-state index is -0.267. The monoisotopic (exact) mass is 325 g/mol. The Bertz CT molecular complexity index is 556. The molecule has 4 nitrogen and oxygen atoms in total. The van der Waals surface area contributed by atoms with Crippen molar-refractivity contribution in [3.63, 3.8) is 0 Å². The Labute approximate surface area is 134 Å². The molecule has 0 saturated heterocycles. The highest BCUT2D eigenvalue weighted by atomic mass is 35.5. The van der Waals surface area contributed by atoms with Crippen molar-refractivity contribution < 1.29 is 5.11 Å². The van der Waals surface area contributed by atoms with Crippen LogP contribution in [0.3, 0.4) is 0 Å². The maximum Gasteiger partial charge on any atom is 0.205 e. The van der Waals surface area contributed by atoms with Crippen molar-refractivity contribution in [1.82, 2.24) is 10.2 Å². The molecule has 0 bridgehead atoms. The van der Waals surface area contributed by atoms with Crippen LogP contribution < -0.4 is 5.32 Å². The molecule has 0 aliphatic rings. The van der Waals surface area contributed by atoms with Crippen molar-refractivity contribution >= 4 is 28.1 Å². The van der Waals surface area contributed by atoms with E-state index >= 15 is 0 Å². The SMILES string of the molecule is CC(O)CC(C)CNc1nnc(Cc2ccc(Cl)cc2)s1. The number of benzene rings is 1. The number of aromatic nitrogens is 2. The number of aliphatic hydroxyl groups is 1. The first-order valence-electron chi connectivity index (χ1n) is 7.01. The first kappa shape index (κ1) is 16.2. The van der Waals surface area contributed by atoms with Crippen LogP contribution in [-0.4, -0.2) is 28.0 Å². The zero-order valence-electron chi connectivity index (χ0n) is 12.2. The van der Waals surface area contributed by atoms with Crippen LogP contribution in [0.1, 0.15) is 30.8 Å². The average molecular weight is 326 g/mol. The molecule has 0 aliphatic heterocycles. The summed E-state index contributed by atoms with van der Waals surface area (Å²) in [4.78, 5) is 0. The zero-order chi connectivity index (χ0) is 15.2. The highest BCUT2D eigenvalue weighted by Crippen LogP contribution is 2.20. The predicted octanol–water partition coefficient (Wildman–Crippen LogP) is 3.60. The minimum Gasteiger partial charge on any atom is -0.393 e. The summed E-state index contributed by atoms with van der Waals surface area (Å²) in [7, 11) is 0. The van der Waals surface area contributed by atoms with Crippen molar-refractivity contribution in [2.45, 2.75) is 32.8 Å². The van der Waals surface area contributed by atoms with E-state index in [9.17, 15) is 5.11 Å². The first-order chi connectivity index (χ1) is 10.0. The van der Waals surface area contributed by atoms with E-state index < -0.39 is 0 Å². The van der Waals surface area contributed by atoms with Gasteiger partial charge in [-0.15, -0.1) is 10.2 Å². The molecule has 2 atom stereocenters. The third-order valence-electron chi connectivity index (χ3n) is 3.08. The normalized spacial score (nSPS) is 13.9. The van der Waals surface area contributed by atoms with Crippen LogP contribution in [0.4, 0.5) is 5.13 Å². The molecule has 1 aromatic carbocycles. The van der Waals surface area contributed by atoms with Crippen LogP contribution in [0, 0.1) is 5.92 Å². The quantitative estimate of drug-likeness (QED) is 0.816. The number of aliphatic hydroxyl groups excluding tert-OH is 1. The number of nitrogens with one attached hydrogen (secondary N) is 1. The second-order valence-electron chi connectivity index (χ2n) is 5.37. The van der Waals surface area contributed by atoms with Crippen LogP contribution in [0.25, 0.3) is 0 Å². The van der Waals surface area contributed by atoms with Gasteiger partial charge in [-0.05, 0) is 37.0 Å². The lowest BCUT2D eigenvalue weighted by Crippen LogP contribution is -2.16. The second kappa shape index (κ2) is 7.73. The number of hydrogen-bond donors (Lipinski definition) is 2. The summed E-state index contributed by atoms with van der Waals surface area (Å²) in [6, 6.07) is 7.77. The standard InChI is InChI=1S/C15H20ClN3OS/c1-10(7-11(2)20)9-17-15-19-18-14(21-15)8-12-3-5-13(16)6-4-12/h3-6,10-11,20H,7-9H2,1-2H3,(H,17,19). The van der Waals surface area contributed by atoms with Crippen LogP contribution in [0.15, 0.2) is 24.3 Å². The molecule has 114 valence electrons. The zero-order valence-corrected chi connectivity index (χ0v) is 13.8. The Morgan fingerprint density at radius 1 is 1.24 bits per heavy atom. The lowest BCUT2D eigenvalue weighted by Gasteiger charge is -2.13. The molecule has 21 heavy (non-hydrogen) atoms.